The highest BCUT2D eigenvalue weighted by molar-refractivity contribution is 5.97. The molecule has 1 atom stereocenters. The van der Waals surface area contributed by atoms with E-state index in [1.807, 2.05) is 0 Å². The van der Waals surface area contributed by atoms with Crippen molar-refractivity contribution in [3.05, 3.63) is 59.3 Å². The van der Waals surface area contributed by atoms with E-state index in [9.17, 15) is 37.8 Å². The van der Waals surface area contributed by atoms with Crippen LogP contribution in [0.4, 0.5) is 24.7 Å². The molecule has 182 valence electrons. The molecule has 0 spiro atoms. The third-order valence-corrected chi connectivity index (χ3v) is 5.64. The fourth-order valence-corrected chi connectivity index (χ4v) is 3.90. The van der Waals surface area contributed by atoms with Crippen molar-refractivity contribution in [2.24, 2.45) is 0 Å². The summed E-state index contributed by atoms with van der Waals surface area (Å²) in [6.07, 6.45) is -2.81. The third kappa shape index (κ3) is 5.00. The lowest BCUT2D eigenvalue weighted by Gasteiger charge is -2.33. The summed E-state index contributed by atoms with van der Waals surface area (Å²) < 4.78 is 38.9. The van der Waals surface area contributed by atoms with E-state index in [4.69, 9.17) is 0 Å². The zero-order chi connectivity index (χ0) is 25.3. The van der Waals surface area contributed by atoms with Crippen LogP contribution in [-0.4, -0.2) is 55.5 Å². The molecule has 1 unspecified atom stereocenters. The lowest BCUT2D eigenvalue weighted by molar-refractivity contribution is -0.143. The van der Waals surface area contributed by atoms with Gasteiger partial charge in [-0.2, -0.15) is 13.2 Å². The minimum atomic E-state index is -4.62. The summed E-state index contributed by atoms with van der Waals surface area (Å²) in [5.41, 5.74) is -1.12. The predicted octanol–water partition coefficient (Wildman–Crippen LogP) is 4.17. The number of carboxylic acids is 2. The van der Waals surface area contributed by atoms with Gasteiger partial charge in [-0.15, -0.1) is 0 Å². The summed E-state index contributed by atoms with van der Waals surface area (Å²) in [5, 5.41) is 21.7. The van der Waals surface area contributed by atoms with Crippen molar-refractivity contribution in [2.75, 3.05) is 11.9 Å². The second-order valence-electron chi connectivity index (χ2n) is 7.98. The van der Waals surface area contributed by atoms with Crippen LogP contribution in [0.5, 0.6) is 0 Å². The van der Waals surface area contributed by atoms with E-state index in [0.717, 1.165) is 24.6 Å². The van der Waals surface area contributed by atoms with Crippen molar-refractivity contribution < 1.29 is 37.8 Å². The van der Waals surface area contributed by atoms with E-state index in [0.29, 0.717) is 25.1 Å². The van der Waals surface area contributed by atoms with Crippen molar-refractivity contribution >= 4 is 40.4 Å². The molecule has 0 saturated carbocycles. The molecule has 4 rings (SSSR count). The highest BCUT2D eigenvalue weighted by atomic mass is 19.4. The number of carboxylic acid groups (broad SMARTS) is 2. The van der Waals surface area contributed by atoms with Crippen LogP contribution in [0.2, 0.25) is 0 Å². The van der Waals surface area contributed by atoms with Crippen LogP contribution >= 0.6 is 0 Å². The van der Waals surface area contributed by atoms with E-state index in [1.54, 1.807) is 0 Å². The first-order chi connectivity index (χ1) is 16.5. The Bertz CT molecular complexity index is 1310. The van der Waals surface area contributed by atoms with Gasteiger partial charge in [0.1, 0.15) is 6.04 Å². The zero-order valence-electron chi connectivity index (χ0n) is 18.0. The van der Waals surface area contributed by atoms with Crippen molar-refractivity contribution in [3.8, 4) is 0 Å². The lowest BCUT2D eigenvalue weighted by Crippen LogP contribution is -2.47. The van der Waals surface area contributed by atoms with Crippen molar-refractivity contribution in [1.82, 2.24) is 14.9 Å². The predicted molar refractivity (Wildman–Crippen MR) is 118 cm³/mol. The number of anilines is 2. The first kappa shape index (κ1) is 23.9. The van der Waals surface area contributed by atoms with E-state index in [-0.39, 0.29) is 22.4 Å². The molecule has 0 bridgehead atoms. The van der Waals surface area contributed by atoms with Crippen molar-refractivity contribution in [3.63, 3.8) is 0 Å². The number of hydrogen-bond acceptors (Lipinski definition) is 6. The van der Waals surface area contributed by atoms with Crippen LogP contribution in [0.15, 0.2) is 42.5 Å². The number of piperidine rings is 1. The summed E-state index contributed by atoms with van der Waals surface area (Å²) in [7, 11) is 0. The van der Waals surface area contributed by atoms with Gasteiger partial charge >= 0.3 is 18.1 Å². The number of rotatable bonds is 5. The Kier molecular flexibility index (Phi) is 6.29. The largest absolute Gasteiger partial charge is 0.480 e. The fraction of sp³-hybridized carbons (Fsp3) is 0.261. The van der Waals surface area contributed by atoms with E-state index < -0.39 is 41.3 Å². The van der Waals surface area contributed by atoms with Crippen LogP contribution in [0.25, 0.3) is 11.0 Å². The first-order valence-electron chi connectivity index (χ1n) is 10.6. The molecule has 1 aromatic heterocycles. The number of nitrogens with zero attached hydrogens (tertiary/aromatic N) is 3. The monoisotopic (exact) mass is 488 g/mol. The van der Waals surface area contributed by atoms with E-state index in [1.165, 1.54) is 29.2 Å². The van der Waals surface area contributed by atoms with Crippen LogP contribution in [0.1, 0.15) is 45.7 Å². The zero-order valence-corrected chi connectivity index (χ0v) is 18.0. The van der Waals surface area contributed by atoms with E-state index >= 15 is 0 Å². The molecule has 0 aliphatic carbocycles. The maximum atomic E-state index is 13.0. The second-order valence-corrected chi connectivity index (χ2v) is 7.98. The molecule has 0 radical (unpaired) electrons. The highest BCUT2D eigenvalue weighted by Crippen LogP contribution is 2.31. The minimum absolute atomic E-state index is 0.0575. The average molecular weight is 488 g/mol. The maximum absolute atomic E-state index is 13.0. The molecule has 9 nitrogen and oxygen atoms in total. The number of fused-ring (bicyclic) bond motifs is 1. The van der Waals surface area contributed by atoms with E-state index in [2.05, 4.69) is 15.3 Å². The highest BCUT2D eigenvalue weighted by Gasteiger charge is 2.33. The number of likely N-dealkylation sites (tertiary alicyclic amines) is 1. The van der Waals surface area contributed by atoms with Crippen molar-refractivity contribution in [2.45, 2.75) is 31.5 Å². The standard InChI is InChI=1S/C23H19F3N4O5/c24-23(25,26)13-6-9-15-16(11-13)28-18(22(34)35)19(29-15)27-14-7-4-12(5-8-14)20(31)30-10-2-1-3-17(30)21(32)33/h4-9,11,17H,1-3,10H2,(H,27,29)(H,32,33)(H,34,35). The number of nitrogens with one attached hydrogen (secondary N) is 1. The molecule has 1 fully saturated rings. The van der Waals surface area contributed by atoms with Gasteiger partial charge in [0.2, 0.25) is 0 Å². The first-order valence-corrected chi connectivity index (χ1v) is 10.6. The normalized spacial score (nSPS) is 16.2. The maximum Gasteiger partial charge on any atom is 0.416 e. The minimum Gasteiger partial charge on any atom is -0.480 e. The van der Waals surface area contributed by atoms with Gasteiger partial charge in [-0.25, -0.2) is 19.6 Å². The van der Waals surface area contributed by atoms with Gasteiger partial charge in [-0.3, -0.25) is 4.79 Å². The molecular weight excluding hydrogens is 469 g/mol. The number of carbonyl (C=O) groups is 3. The quantitative estimate of drug-likeness (QED) is 0.488. The Morgan fingerprint density at radius 1 is 0.971 bits per heavy atom. The van der Waals surface area contributed by atoms with Gasteiger partial charge in [-0.05, 0) is 61.7 Å². The molecule has 1 saturated heterocycles. The molecule has 3 N–H and O–H groups in total. The average Bonchev–Trinajstić information content (AvgIpc) is 2.82. The third-order valence-electron chi connectivity index (χ3n) is 5.64. The molecule has 1 aliphatic rings. The molecule has 12 heteroatoms. The summed E-state index contributed by atoms with van der Waals surface area (Å²) >= 11 is 0. The number of halogens is 3. The number of alkyl halides is 3. The smallest absolute Gasteiger partial charge is 0.416 e. The molecule has 35 heavy (non-hydrogen) atoms. The Morgan fingerprint density at radius 3 is 2.31 bits per heavy atom. The van der Waals surface area contributed by atoms with Crippen LogP contribution in [-0.2, 0) is 11.0 Å². The summed E-state index contributed by atoms with van der Waals surface area (Å²) in [4.78, 5) is 45.3. The number of amides is 1. The second kappa shape index (κ2) is 9.20. The SMILES string of the molecule is O=C(O)c1nc2cc(C(F)(F)F)ccc2nc1Nc1ccc(C(=O)N2CCCCC2C(=O)O)cc1. The van der Waals surface area contributed by atoms with Gasteiger partial charge in [0.25, 0.3) is 5.91 Å². The van der Waals surface area contributed by atoms with Gasteiger partial charge in [0.05, 0.1) is 16.6 Å². The molecule has 1 aliphatic heterocycles. The summed E-state index contributed by atoms with van der Waals surface area (Å²) in [6, 6.07) is 7.65. The Hall–Kier alpha value is -4.22. The fourth-order valence-electron chi connectivity index (χ4n) is 3.90. The van der Waals surface area contributed by atoms with Gasteiger partial charge in [0.15, 0.2) is 11.5 Å². The summed E-state index contributed by atoms with van der Waals surface area (Å²) in [6.45, 7) is 0.334. The number of hydrogen-bond donors (Lipinski definition) is 3. The summed E-state index contributed by atoms with van der Waals surface area (Å²) in [5.74, 6) is -3.17. The van der Waals surface area contributed by atoms with Crippen LogP contribution in [0.3, 0.4) is 0 Å². The Labute approximate surface area is 196 Å². The van der Waals surface area contributed by atoms with Crippen LogP contribution in [0, 0.1) is 0 Å². The molecular formula is C23H19F3N4O5. The van der Waals surface area contributed by atoms with Crippen molar-refractivity contribution in [1.29, 1.82) is 0 Å². The molecule has 2 aromatic carbocycles. The van der Waals surface area contributed by atoms with Gasteiger partial charge in [0, 0.05) is 17.8 Å². The molecule has 1 amide bonds. The molecule has 3 aromatic rings. The molecule has 2 heterocycles. The Morgan fingerprint density at radius 2 is 1.69 bits per heavy atom. The number of aromatic carboxylic acids is 1. The van der Waals surface area contributed by atoms with Crippen LogP contribution < -0.4 is 5.32 Å². The number of carbonyl (C=O) groups excluding carboxylic acids is 1. The van der Waals surface area contributed by atoms with Gasteiger partial charge < -0.3 is 20.4 Å². The topological polar surface area (TPSA) is 133 Å². The van der Waals surface area contributed by atoms with Gasteiger partial charge in [-0.1, -0.05) is 0 Å². The number of benzene rings is 2. The number of aliphatic carboxylic acids is 1. The lowest BCUT2D eigenvalue weighted by atomic mass is 10.0. The Balaban J connectivity index is 1.60. The number of aromatic nitrogens is 2.